The summed E-state index contributed by atoms with van der Waals surface area (Å²) < 4.78 is 0. The van der Waals surface area contributed by atoms with Crippen LogP contribution in [0.1, 0.15) is 36.5 Å². The van der Waals surface area contributed by atoms with Gasteiger partial charge >= 0.3 is 0 Å². The number of aliphatic hydroxyl groups is 1. The van der Waals surface area contributed by atoms with Crippen molar-refractivity contribution in [2.75, 3.05) is 0 Å². The minimum absolute atomic E-state index is 0.104. The zero-order valence-corrected chi connectivity index (χ0v) is 11.3. The van der Waals surface area contributed by atoms with Crippen LogP contribution < -0.4 is 0 Å². The van der Waals surface area contributed by atoms with Crippen LogP contribution in [0.4, 0.5) is 0 Å². The van der Waals surface area contributed by atoms with E-state index in [9.17, 15) is 0 Å². The van der Waals surface area contributed by atoms with Crippen molar-refractivity contribution in [3.8, 4) is 11.1 Å². The van der Waals surface area contributed by atoms with Gasteiger partial charge in [-0.25, -0.2) is 0 Å². The average Bonchev–Trinajstić information content (AvgIpc) is 2.38. The summed E-state index contributed by atoms with van der Waals surface area (Å²) in [5, 5.41) is 9.17. The van der Waals surface area contributed by atoms with E-state index in [1.807, 2.05) is 6.07 Å². The Kier molecular flexibility index (Phi) is 3.83. The average molecular weight is 240 g/mol. The van der Waals surface area contributed by atoms with E-state index >= 15 is 0 Å². The molecule has 2 aromatic carbocycles. The molecule has 94 valence electrons. The van der Waals surface area contributed by atoms with E-state index in [-0.39, 0.29) is 6.61 Å². The van der Waals surface area contributed by atoms with Gasteiger partial charge < -0.3 is 5.11 Å². The highest BCUT2D eigenvalue weighted by atomic mass is 16.3. The SMILES string of the molecule is Cc1cc(CO)ccc1-c1ccccc1C(C)C. The molecular weight excluding hydrogens is 220 g/mol. The number of aryl methyl sites for hydroxylation is 1. The second-order valence-electron chi connectivity index (χ2n) is 5.05. The lowest BCUT2D eigenvalue weighted by atomic mass is 9.90. The first-order chi connectivity index (χ1) is 8.63. The van der Waals surface area contributed by atoms with Gasteiger partial charge in [0.2, 0.25) is 0 Å². The van der Waals surface area contributed by atoms with Crippen molar-refractivity contribution in [3.05, 3.63) is 59.2 Å². The first-order valence-corrected chi connectivity index (χ1v) is 6.43. The summed E-state index contributed by atoms with van der Waals surface area (Å²) in [7, 11) is 0. The molecule has 0 aliphatic carbocycles. The number of hydrogen-bond acceptors (Lipinski definition) is 1. The van der Waals surface area contributed by atoms with E-state index in [1.54, 1.807) is 0 Å². The van der Waals surface area contributed by atoms with E-state index < -0.39 is 0 Å². The second-order valence-corrected chi connectivity index (χ2v) is 5.05. The van der Waals surface area contributed by atoms with Crippen LogP contribution in [0, 0.1) is 6.92 Å². The third kappa shape index (κ3) is 2.46. The number of hydrogen-bond donors (Lipinski definition) is 1. The Morgan fingerprint density at radius 3 is 2.33 bits per heavy atom. The van der Waals surface area contributed by atoms with E-state index in [1.165, 1.54) is 22.3 Å². The Bertz CT molecular complexity index is 541. The van der Waals surface area contributed by atoms with Crippen LogP contribution in [0.15, 0.2) is 42.5 Å². The van der Waals surface area contributed by atoms with Crippen LogP contribution in [0.25, 0.3) is 11.1 Å². The van der Waals surface area contributed by atoms with Gasteiger partial charge in [0.25, 0.3) is 0 Å². The molecule has 0 fully saturated rings. The monoisotopic (exact) mass is 240 g/mol. The minimum Gasteiger partial charge on any atom is -0.392 e. The summed E-state index contributed by atoms with van der Waals surface area (Å²) in [6.45, 7) is 6.64. The maximum absolute atomic E-state index is 9.17. The zero-order valence-electron chi connectivity index (χ0n) is 11.3. The summed E-state index contributed by atoms with van der Waals surface area (Å²) >= 11 is 0. The third-order valence-corrected chi connectivity index (χ3v) is 3.35. The fourth-order valence-corrected chi connectivity index (χ4v) is 2.37. The Labute approximate surface area is 109 Å². The van der Waals surface area contributed by atoms with Crippen molar-refractivity contribution in [1.82, 2.24) is 0 Å². The van der Waals surface area contributed by atoms with Crippen LogP contribution in [-0.2, 0) is 6.61 Å². The van der Waals surface area contributed by atoms with Gasteiger partial charge in [-0.2, -0.15) is 0 Å². The molecule has 0 amide bonds. The van der Waals surface area contributed by atoms with Crippen molar-refractivity contribution in [3.63, 3.8) is 0 Å². The topological polar surface area (TPSA) is 20.2 Å². The third-order valence-electron chi connectivity index (χ3n) is 3.35. The molecule has 2 rings (SSSR count). The van der Waals surface area contributed by atoms with Crippen LogP contribution in [0.3, 0.4) is 0 Å². The Morgan fingerprint density at radius 1 is 1.00 bits per heavy atom. The fourth-order valence-electron chi connectivity index (χ4n) is 2.37. The fraction of sp³-hybridized carbons (Fsp3) is 0.294. The highest BCUT2D eigenvalue weighted by molar-refractivity contribution is 5.71. The molecule has 0 saturated carbocycles. The first kappa shape index (κ1) is 12.8. The predicted octanol–water partition coefficient (Wildman–Crippen LogP) is 4.28. The predicted molar refractivity (Wildman–Crippen MR) is 76.6 cm³/mol. The molecule has 1 N–H and O–H groups in total. The molecule has 1 nitrogen and oxygen atoms in total. The molecule has 0 bridgehead atoms. The van der Waals surface area contributed by atoms with Gasteiger partial charge in [0.15, 0.2) is 0 Å². The molecule has 0 radical (unpaired) electrons. The van der Waals surface area contributed by atoms with Crippen LogP contribution in [0.2, 0.25) is 0 Å². The van der Waals surface area contributed by atoms with Crippen LogP contribution in [0.5, 0.6) is 0 Å². The number of benzene rings is 2. The van der Waals surface area contributed by atoms with Gasteiger partial charge in [0.05, 0.1) is 6.61 Å². The zero-order chi connectivity index (χ0) is 13.1. The first-order valence-electron chi connectivity index (χ1n) is 6.43. The van der Waals surface area contributed by atoms with Crippen molar-refractivity contribution in [1.29, 1.82) is 0 Å². The van der Waals surface area contributed by atoms with Crippen LogP contribution >= 0.6 is 0 Å². The lowest BCUT2D eigenvalue weighted by molar-refractivity contribution is 0.282. The molecule has 0 aliphatic heterocycles. The number of aliphatic hydroxyl groups excluding tert-OH is 1. The molecule has 0 aromatic heterocycles. The quantitative estimate of drug-likeness (QED) is 0.849. The molecule has 0 atom stereocenters. The van der Waals surface area contributed by atoms with Crippen molar-refractivity contribution in [2.45, 2.75) is 33.3 Å². The Balaban J connectivity index is 2.55. The van der Waals surface area contributed by atoms with E-state index in [0.29, 0.717) is 5.92 Å². The molecular formula is C17H20O. The molecule has 0 aliphatic rings. The maximum atomic E-state index is 9.17. The van der Waals surface area contributed by atoms with E-state index in [4.69, 9.17) is 5.11 Å². The van der Waals surface area contributed by atoms with Gasteiger partial charge in [-0.15, -0.1) is 0 Å². The molecule has 0 unspecified atom stereocenters. The van der Waals surface area contributed by atoms with Gasteiger partial charge in [-0.3, -0.25) is 0 Å². The normalized spacial score (nSPS) is 10.9. The smallest absolute Gasteiger partial charge is 0.0681 e. The summed E-state index contributed by atoms with van der Waals surface area (Å²) in [4.78, 5) is 0. The van der Waals surface area contributed by atoms with Crippen molar-refractivity contribution in [2.24, 2.45) is 0 Å². The highest BCUT2D eigenvalue weighted by Crippen LogP contribution is 2.31. The molecule has 0 spiro atoms. The standard InChI is InChI=1S/C17H20O/c1-12(2)15-6-4-5-7-17(15)16-9-8-14(11-18)10-13(16)3/h4-10,12,18H,11H2,1-3H3. The molecule has 18 heavy (non-hydrogen) atoms. The van der Waals surface area contributed by atoms with E-state index in [2.05, 4.69) is 57.2 Å². The molecule has 0 saturated heterocycles. The second kappa shape index (κ2) is 5.36. The van der Waals surface area contributed by atoms with Crippen LogP contribution in [-0.4, -0.2) is 5.11 Å². The lowest BCUT2D eigenvalue weighted by Crippen LogP contribution is -1.94. The molecule has 1 heteroatoms. The van der Waals surface area contributed by atoms with Gasteiger partial charge in [-0.05, 0) is 40.7 Å². The largest absolute Gasteiger partial charge is 0.392 e. The lowest BCUT2D eigenvalue weighted by Gasteiger charge is -2.15. The summed E-state index contributed by atoms with van der Waals surface area (Å²) in [6.07, 6.45) is 0. The Hall–Kier alpha value is -1.60. The highest BCUT2D eigenvalue weighted by Gasteiger charge is 2.09. The van der Waals surface area contributed by atoms with Crippen molar-refractivity contribution < 1.29 is 5.11 Å². The number of rotatable bonds is 3. The molecule has 0 heterocycles. The van der Waals surface area contributed by atoms with Gasteiger partial charge in [-0.1, -0.05) is 56.3 Å². The summed E-state index contributed by atoms with van der Waals surface area (Å²) in [5.74, 6) is 0.512. The summed E-state index contributed by atoms with van der Waals surface area (Å²) in [6, 6.07) is 14.7. The van der Waals surface area contributed by atoms with Gasteiger partial charge in [0, 0.05) is 0 Å². The maximum Gasteiger partial charge on any atom is 0.0681 e. The Morgan fingerprint density at radius 2 is 1.72 bits per heavy atom. The molecule has 2 aromatic rings. The van der Waals surface area contributed by atoms with Crippen molar-refractivity contribution >= 4 is 0 Å². The van der Waals surface area contributed by atoms with Gasteiger partial charge in [0.1, 0.15) is 0 Å². The minimum atomic E-state index is 0.104. The summed E-state index contributed by atoms with van der Waals surface area (Å²) in [5.41, 5.74) is 6.12. The van der Waals surface area contributed by atoms with E-state index in [0.717, 1.165) is 5.56 Å².